The Balaban J connectivity index is 2.32. The van der Waals surface area contributed by atoms with Crippen LogP contribution in [0.5, 0.6) is 0 Å². The Morgan fingerprint density at radius 1 is 1.09 bits per heavy atom. The number of nitrogens with zero attached hydrogens (tertiary/aromatic N) is 1. The van der Waals surface area contributed by atoms with Crippen LogP contribution in [0.3, 0.4) is 0 Å². The summed E-state index contributed by atoms with van der Waals surface area (Å²) in [5.74, 6) is -0.376. The van der Waals surface area contributed by atoms with Crippen LogP contribution in [0.25, 0.3) is 0 Å². The highest BCUT2D eigenvalue weighted by atomic mass is 16.6. The fraction of sp³-hybridized carbons (Fsp3) is 0.188. The largest absolute Gasteiger partial charge is 0.383 e. The maximum atomic E-state index is 12.3. The molecule has 0 radical (unpaired) electrons. The molecular formula is C16H17N3O3. The second-order valence-corrected chi connectivity index (χ2v) is 5.01. The fourth-order valence-corrected chi connectivity index (χ4v) is 2.10. The summed E-state index contributed by atoms with van der Waals surface area (Å²) < 4.78 is 0. The third kappa shape index (κ3) is 3.22. The summed E-state index contributed by atoms with van der Waals surface area (Å²) >= 11 is 0. The topological polar surface area (TPSA) is 84.3 Å². The molecule has 6 heteroatoms. The average Bonchev–Trinajstić information content (AvgIpc) is 2.50. The molecule has 6 nitrogen and oxygen atoms in total. The monoisotopic (exact) mass is 299 g/mol. The van der Waals surface area contributed by atoms with Gasteiger partial charge >= 0.3 is 0 Å². The van der Waals surface area contributed by atoms with Crippen molar-refractivity contribution in [1.29, 1.82) is 0 Å². The van der Waals surface area contributed by atoms with Crippen LogP contribution in [-0.4, -0.2) is 17.9 Å². The van der Waals surface area contributed by atoms with Crippen LogP contribution in [0.15, 0.2) is 36.4 Å². The molecule has 2 aromatic carbocycles. The van der Waals surface area contributed by atoms with Crippen molar-refractivity contribution in [1.82, 2.24) is 0 Å². The third-order valence-corrected chi connectivity index (χ3v) is 3.37. The molecule has 2 aromatic rings. The molecule has 0 saturated carbocycles. The van der Waals surface area contributed by atoms with E-state index in [0.717, 1.165) is 11.1 Å². The first-order chi connectivity index (χ1) is 10.4. The van der Waals surface area contributed by atoms with Crippen LogP contribution in [-0.2, 0) is 0 Å². The molecule has 0 heterocycles. The van der Waals surface area contributed by atoms with E-state index in [1.165, 1.54) is 12.1 Å². The first kappa shape index (κ1) is 15.5. The molecule has 0 aliphatic rings. The Morgan fingerprint density at radius 2 is 1.82 bits per heavy atom. The number of anilines is 2. The second kappa shape index (κ2) is 6.26. The van der Waals surface area contributed by atoms with Crippen LogP contribution in [0.1, 0.15) is 21.5 Å². The molecule has 0 spiro atoms. The van der Waals surface area contributed by atoms with Crippen molar-refractivity contribution in [2.24, 2.45) is 0 Å². The highest BCUT2D eigenvalue weighted by molar-refractivity contribution is 6.05. The summed E-state index contributed by atoms with van der Waals surface area (Å²) in [5, 5.41) is 16.6. The Bertz CT molecular complexity index is 741. The van der Waals surface area contributed by atoms with E-state index in [0.29, 0.717) is 11.4 Å². The zero-order valence-electron chi connectivity index (χ0n) is 12.6. The van der Waals surface area contributed by atoms with E-state index in [1.807, 2.05) is 32.0 Å². The van der Waals surface area contributed by atoms with Gasteiger partial charge in [0, 0.05) is 24.4 Å². The number of nitrogens with one attached hydrogen (secondary N) is 2. The lowest BCUT2D eigenvalue weighted by molar-refractivity contribution is -0.384. The normalized spacial score (nSPS) is 10.1. The average molecular weight is 299 g/mol. The SMILES string of the molecule is CNc1ccc(C(=O)Nc2cc(C)ccc2C)cc1[N+](=O)[O-]. The first-order valence-electron chi connectivity index (χ1n) is 6.77. The zero-order chi connectivity index (χ0) is 16.3. The predicted octanol–water partition coefficient (Wildman–Crippen LogP) is 3.51. The maximum absolute atomic E-state index is 12.3. The van der Waals surface area contributed by atoms with Crippen molar-refractivity contribution >= 4 is 23.0 Å². The van der Waals surface area contributed by atoms with Gasteiger partial charge in [-0.05, 0) is 43.2 Å². The van der Waals surface area contributed by atoms with Gasteiger partial charge in [-0.25, -0.2) is 0 Å². The van der Waals surface area contributed by atoms with Crippen molar-refractivity contribution < 1.29 is 9.72 Å². The van der Waals surface area contributed by atoms with Gasteiger partial charge < -0.3 is 10.6 Å². The summed E-state index contributed by atoms with van der Waals surface area (Å²) in [6.45, 7) is 3.82. The van der Waals surface area contributed by atoms with E-state index < -0.39 is 4.92 Å². The molecule has 1 amide bonds. The van der Waals surface area contributed by atoms with Crippen LogP contribution in [0.4, 0.5) is 17.1 Å². The summed E-state index contributed by atoms with van der Waals surface area (Å²) in [6.07, 6.45) is 0. The molecule has 2 rings (SSSR count). The second-order valence-electron chi connectivity index (χ2n) is 5.01. The van der Waals surface area contributed by atoms with E-state index in [1.54, 1.807) is 13.1 Å². The molecule has 22 heavy (non-hydrogen) atoms. The lowest BCUT2D eigenvalue weighted by Crippen LogP contribution is -2.13. The number of nitro benzene ring substituents is 1. The number of hydrogen-bond acceptors (Lipinski definition) is 4. The lowest BCUT2D eigenvalue weighted by atomic mass is 10.1. The minimum absolute atomic E-state index is 0.129. The van der Waals surface area contributed by atoms with Gasteiger partial charge in [0.05, 0.1) is 4.92 Å². The van der Waals surface area contributed by atoms with Crippen LogP contribution in [0, 0.1) is 24.0 Å². The predicted molar refractivity (Wildman–Crippen MR) is 86.5 cm³/mol. The molecule has 114 valence electrons. The number of carbonyl (C=O) groups is 1. The van der Waals surface area contributed by atoms with Crippen LogP contribution < -0.4 is 10.6 Å². The highest BCUT2D eigenvalue weighted by Crippen LogP contribution is 2.26. The maximum Gasteiger partial charge on any atom is 0.293 e. The molecule has 2 N–H and O–H groups in total. The van der Waals surface area contributed by atoms with Crippen molar-refractivity contribution in [2.45, 2.75) is 13.8 Å². The summed E-state index contributed by atoms with van der Waals surface area (Å²) in [6, 6.07) is 10.1. The quantitative estimate of drug-likeness (QED) is 0.668. The number of aryl methyl sites for hydroxylation is 2. The van der Waals surface area contributed by atoms with E-state index in [9.17, 15) is 14.9 Å². The molecule has 0 aromatic heterocycles. The van der Waals surface area contributed by atoms with Crippen molar-refractivity contribution in [2.75, 3.05) is 17.7 Å². The molecule has 0 aliphatic heterocycles. The fourth-order valence-electron chi connectivity index (χ4n) is 2.10. The Kier molecular flexibility index (Phi) is 4.41. The number of amides is 1. The smallest absolute Gasteiger partial charge is 0.293 e. The molecule has 0 unspecified atom stereocenters. The van der Waals surface area contributed by atoms with Gasteiger partial charge in [0.1, 0.15) is 5.69 Å². The van der Waals surface area contributed by atoms with Gasteiger partial charge in [-0.2, -0.15) is 0 Å². The lowest BCUT2D eigenvalue weighted by Gasteiger charge is -2.10. The van der Waals surface area contributed by atoms with Crippen molar-refractivity contribution in [3.05, 3.63) is 63.2 Å². The molecular weight excluding hydrogens is 282 g/mol. The van der Waals surface area contributed by atoms with Crippen LogP contribution in [0.2, 0.25) is 0 Å². The molecule has 0 bridgehead atoms. The Labute approximate surface area is 128 Å². The van der Waals surface area contributed by atoms with Crippen molar-refractivity contribution in [3.63, 3.8) is 0 Å². The van der Waals surface area contributed by atoms with Gasteiger partial charge in [0.25, 0.3) is 11.6 Å². The number of benzene rings is 2. The number of rotatable bonds is 4. The number of hydrogen-bond donors (Lipinski definition) is 2. The molecule has 0 atom stereocenters. The highest BCUT2D eigenvalue weighted by Gasteiger charge is 2.17. The van der Waals surface area contributed by atoms with E-state index in [-0.39, 0.29) is 17.2 Å². The standard InChI is InChI=1S/C16H17N3O3/c1-10-4-5-11(2)14(8-10)18-16(20)12-6-7-13(17-3)15(9-12)19(21)22/h4-9,17H,1-3H3,(H,18,20). The summed E-state index contributed by atoms with van der Waals surface area (Å²) in [5.41, 5.74) is 3.14. The molecule has 0 aliphatic carbocycles. The van der Waals surface area contributed by atoms with E-state index in [4.69, 9.17) is 0 Å². The van der Waals surface area contributed by atoms with Crippen LogP contribution >= 0.6 is 0 Å². The first-order valence-corrected chi connectivity index (χ1v) is 6.77. The molecule has 0 fully saturated rings. The van der Waals surface area contributed by atoms with Crippen molar-refractivity contribution in [3.8, 4) is 0 Å². The number of nitro groups is 1. The van der Waals surface area contributed by atoms with Gasteiger partial charge in [-0.1, -0.05) is 12.1 Å². The zero-order valence-corrected chi connectivity index (χ0v) is 12.6. The van der Waals surface area contributed by atoms with Gasteiger partial charge in [-0.15, -0.1) is 0 Å². The van der Waals surface area contributed by atoms with Gasteiger partial charge in [0.2, 0.25) is 0 Å². The third-order valence-electron chi connectivity index (χ3n) is 3.37. The molecule has 0 saturated heterocycles. The minimum Gasteiger partial charge on any atom is -0.383 e. The summed E-state index contributed by atoms with van der Waals surface area (Å²) in [7, 11) is 1.60. The van der Waals surface area contributed by atoms with E-state index in [2.05, 4.69) is 10.6 Å². The number of carbonyl (C=O) groups excluding carboxylic acids is 1. The minimum atomic E-state index is -0.513. The Morgan fingerprint density at radius 3 is 2.45 bits per heavy atom. The Hall–Kier alpha value is -2.89. The van der Waals surface area contributed by atoms with Gasteiger partial charge in [-0.3, -0.25) is 14.9 Å². The summed E-state index contributed by atoms with van der Waals surface area (Å²) in [4.78, 5) is 22.8. The van der Waals surface area contributed by atoms with E-state index >= 15 is 0 Å². The van der Waals surface area contributed by atoms with Gasteiger partial charge in [0.15, 0.2) is 0 Å².